The molecule has 0 radical (unpaired) electrons. The molecule has 0 aliphatic rings. The second-order valence-electron chi connectivity index (χ2n) is 5.11. The molecular weight excluding hydrogens is 336 g/mol. The smallest absolute Gasteiger partial charge is 0.309 e. The van der Waals surface area contributed by atoms with Crippen molar-refractivity contribution in [3.05, 3.63) is 20.7 Å². The van der Waals surface area contributed by atoms with Gasteiger partial charge in [0, 0.05) is 5.69 Å². The molecule has 0 aliphatic carbocycles. The summed E-state index contributed by atoms with van der Waals surface area (Å²) in [4.78, 5) is 18.0. The highest BCUT2D eigenvalue weighted by Gasteiger charge is 2.06. The third kappa shape index (κ3) is 6.93. The Hall–Kier alpha value is -0.290. The van der Waals surface area contributed by atoms with Crippen molar-refractivity contribution in [2.24, 2.45) is 0 Å². The molecule has 0 spiro atoms. The predicted molar refractivity (Wildman–Crippen MR) is 90.6 cm³/mol. The molecule has 20 heavy (non-hydrogen) atoms. The number of aryl methyl sites for hydroxylation is 1. The van der Waals surface area contributed by atoms with Gasteiger partial charge in [-0.3, -0.25) is 0 Å². The minimum absolute atomic E-state index is 0.260. The van der Waals surface area contributed by atoms with E-state index >= 15 is 0 Å². The first-order chi connectivity index (χ1) is 9.65. The third-order valence-electron chi connectivity index (χ3n) is 3.25. The van der Waals surface area contributed by atoms with Crippen LogP contribution in [0.15, 0.2) is 14.3 Å². The van der Waals surface area contributed by atoms with Gasteiger partial charge in [0.05, 0.1) is 4.47 Å². The molecule has 1 aromatic heterocycles. The van der Waals surface area contributed by atoms with Gasteiger partial charge in [-0.2, -0.15) is 4.98 Å². The van der Waals surface area contributed by atoms with Crippen LogP contribution in [0.5, 0.6) is 0 Å². The molecule has 0 aliphatic heterocycles. The number of nitrogens with zero attached hydrogens (tertiary/aromatic N) is 1. The first-order valence-corrected chi connectivity index (χ1v) is 9.32. The molecule has 1 heterocycles. The van der Waals surface area contributed by atoms with E-state index < -0.39 is 0 Å². The lowest BCUT2D eigenvalue weighted by atomic mass is 10.1. The van der Waals surface area contributed by atoms with Crippen LogP contribution in [0.2, 0.25) is 0 Å². The summed E-state index contributed by atoms with van der Waals surface area (Å²) in [6.07, 6.45) is 10.6. The van der Waals surface area contributed by atoms with Gasteiger partial charge in [0.15, 0.2) is 0 Å². The number of thioether (sulfide) groups is 1. The Morgan fingerprint density at radius 2 is 1.70 bits per heavy atom. The Morgan fingerprint density at radius 1 is 1.10 bits per heavy atom. The topological polar surface area (TPSA) is 45.8 Å². The van der Waals surface area contributed by atoms with Gasteiger partial charge in [-0.25, -0.2) is 4.79 Å². The maximum Gasteiger partial charge on any atom is 0.346 e. The summed E-state index contributed by atoms with van der Waals surface area (Å²) in [6.45, 7) is 4.13. The van der Waals surface area contributed by atoms with Gasteiger partial charge in [-0.1, -0.05) is 51.9 Å². The summed E-state index contributed by atoms with van der Waals surface area (Å²) >= 11 is 5.15. The minimum atomic E-state index is -0.260. The highest BCUT2D eigenvalue weighted by Crippen LogP contribution is 2.26. The van der Waals surface area contributed by atoms with Crippen molar-refractivity contribution in [3.63, 3.8) is 0 Å². The second kappa shape index (κ2) is 10.4. The molecule has 3 nitrogen and oxygen atoms in total. The Morgan fingerprint density at radius 3 is 2.35 bits per heavy atom. The molecule has 0 saturated heterocycles. The predicted octanol–water partition coefficient (Wildman–Crippen LogP) is 5.07. The lowest BCUT2D eigenvalue weighted by Crippen LogP contribution is -2.13. The maximum atomic E-state index is 11.3. The molecule has 0 unspecified atom stereocenters. The van der Waals surface area contributed by atoms with Crippen LogP contribution in [-0.4, -0.2) is 15.7 Å². The van der Waals surface area contributed by atoms with Gasteiger partial charge in [0.1, 0.15) is 5.03 Å². The van der Waals surface area contributed by atoms with E-state index in [1.54, 1.807) is 11.8 Å². The standard InChI is InChI=1S/C15H25BrN2OS/c1-3-4-5-6-7-8-9-10-11-20-14-13(16)12(2)17-15(19)18-14/h3-11H2,1-2H3,(H,17,18,19). The summed E-state index contributed by atoms with van der Waals surface area (Å²) in [5.41, 5.74) is 0.590. The van der Waals surface area contributed by atoms with Crippen LogP contribution in [0.4, 0.5) is 0 Å². The van der Waals surface area contributed by atoms with Gasteiger partial charge in [0.25, 0.3) is 0 Å². The molecule has 1 aromatic rings. The fourth-order valence-corrected chi connectivity index (χ4v) is 3.55. The molecule has 0 atom stereocenters. The van der Waals surface area contributed by atoms with Crippen LogP contribution in [0.3, 0.4) is 0 Å². The molecule has 1 N–H and O–H groups in total. The second-order valence-corrected chi connectivity index (χ2v) is 6.99. The zero-order valence-electron chi connectivity index (χ0n) is 12.5. The van der Waals surface area contributed by atoms with E-state index in [4.69, 9.17) is 0 Å². The molecule has 0 aromatic carbocycles. The number of nitrogens with one attached hydrogen (secondary N) is 1. The number of rotatable bonds is 10. The fraction of sp³-hybridized carbons (Fsp3) is 0.733. The van der Waals surface area contributed by atoms with Crippen molar-refractivity contribution < 1.29 is 0 Å². The van der Waals surface area contributed by atoms with Gasteiger partial charge >= 0.3 is 5.69 Å². The summed E-state index contributed by atoms with van der Waals surface area (Å²) in [6, 6.07) is 0. The Labute approximate surface area is 134 Å². The maximum absolute atomic E-state index is 11.3. The zero-order chi connectivity index (χ0) is 14.8. The minimum Gasteiger partial charge on any atom is -0.309 e. The molecular formula is C15H25BrN2OS. The molecule has 0 fully saturated rings. The van der Waals surface area contributed by atoms with Crippen molar-refractivity contribution in [1.29, 1.82) is 0 Å². The monoisotopic (exact) mass is 360 g/mol. The lowest BCUT2D eigenvalue weighted by Gasteiger charge is -2.05. The van der Waals surface area contributed by atoms with Gasteiger partial charge in [-0.15, -0.1) is 11.8 Å². The zero-order valence-corrected chi connectivity index (χ0v) is 14.9. The van der Waals surface area contributed by atoms with E-state index in [0.29, 0.717) is 0 Å². The van der Waals surface area contributed by atoms with Crippen LogP contribution in [0.1, 0.15) is 64.0 Å². The number of aromatic amines is 1. The van der Waals surface area contributed by atoms with Crippen molar-refractivity contribution in [2.45, 2.75) is 70.2 Å². The number of hydrogen-bond acceptors (Lipinski definition) is 3. The van der Waals surface area contributed by atoms with Crippen LogP contribution < -0.4 is 5.69 Å². The number of unbranched alkanes of at least 4 members (excludes halogenated alkanes) is 7. The number of aromatic nitrogens is 2. The molecule has 0 amide bonds. The molecule has 114 valence electrons. The van der Waals surface area contributed by atoms with E-state index in [-0.39, 0.29) is 5.69 Å². The summed E-state index contributed by atoms with van der Waals surface area (Å²) < 4.78 is 0.918. The number of H-pyrrole nitrogens is 1. The third-order valence-corrected chi connectivity index (χ3v) is 5.55. The van der Waals surface area contributed by atoms with Crippen LogP contribution in [-0.2, 0) is 0 Å². The van der Waals surface area contributed by atoms with Crippen LogP contribution in [0.25, 0.3) is 0 Å². The summed E-state index contributed by atoms with van der Waals surface area (Å²) in [5.74, 6) is 1.03. The van der Waals surface area contributed by atoms with Gasteiger partial charge in [0.2, 0.25) is 0 Å². The summed E-state index contributed by atoms with van der Waals surface area (Å²) in [7, 11) is 0. The van der Waals surface area contributed by atoms with E-state index in [1.807, 2.05) is 6.92 Å². The number of halogens is 1. The van der Waals surface area contributed by atoms with Crippen molar-refractivity contribution in [1.82, 2.24) is 9.97 Å². The average Bonchev–Trinajstić information content (AvgIpc) is 2.42. The Bertz CT molecular complexity index is 448. The van der Waals surface area contributed by atoms with E-state index in [0.717, 1.165) is 20.9 Å². The summed E-state index contributed by atoms with van der Waals surface area (Å²) in [5, 5.41) is 0.814. The van der Waals surface area contributed by atoms with E-state index in [2.05, 4.69) is 32.8 Å². The van der Waals surface area contributed by atoms with Gasteiger partial charge in [-0.05, 0) is 35.0 Å². The van der Waals surface area contributed by atoms with Crippen LogP contribution >= 0.6 is 27.7 Å². The van der Waals surface area contributed by atoms with Crippen molar-refractivity contribution in [2.75, 3.05) is 5.75 Å². The van der Waals surface area contributed by atoms with E-state index in [1.165, 1.54) is 51.4 Å². The average molecular weight is 361 g/mol. The molecule has 0 bridgehead atoms. The van der Waals surface area contributed by atoms with Crippen molar-refractivity contribution >= 4 is 27.7 Å². The van der Waals surface area contributed by atoms with Crippen molar-refractivity contribution in [3.8, 4) is 0 Å². The van der Waals surface area contributed by atoms with Gasteiger partial charge < -0.3 is 4.98 Å². The first kappa shape index (κ1) is 17.8. The fourth-order valence-electron chi connectivity index (χ4n) is 2.05. The molecule has 0 saturated carbocycles. The Balaban J connectivity index is 2.14. The lowest BCUT2D eigenvalue weighted by molar-refractivity contribution is 0.586. The SMILES string of the molecule is CCCCCCCCCCSc1nc(=O)[nH]c(C)c1Br. The first-order valence-electron chi connectivity index (χ1n) is 7.54. The van der Waals surface area contributed by atoms with E-state index in [9.17, 15) is 4.79 Å². The molecule has 5 heteroatoms. The Kier molecular flexibility index (Phi) is 9.27. The highest BCUT2D eigenvalue weighted by molar-refractivity contribution is 9.10. The number of hydrogen-bond donors (Lipinski definition) is 1. The van der Waals surface area contributed by atoms with Crippen LogP contribution in [0, 0.1) is 6.92 Å². The quantitative estimate of drug-likeness (QED) is 0.359. The molecule has 1 rings (SSSR count). The normalized spacial score (nSPS) is 10.9. The largest absolute Gasteiger partial charge is 0.346 e. The highest BCUT2D eigenvalue weighted by atomic mass is 79.9.